The number of anilines is 1. The number of nitrogens with zero attached hydrogens (tertiary/aromatic N) is 2. The summed E-state index contributed by atoms with van der Waals surface area (Å²) in [5.41, 5.74) is 0.432. The van der Waals surface area contributed by atoms with Crippen LogP contribution in [0.3, 0.4) is 0 Å². The van der Waals surface area contributed by atoms with Crippen molar-refractivity contribution in [3.63, 3.8) is 0 Å². The molecule has 18 heavy (non-hydrogen) atoms. The molecular weight excluding hydrogens is 341 g/mol. The zero-order valence-corrected chi connectivity index (χ0v) is 11.9. The van der Waals surface area contributed by atoms with Gasteiger partial charge in [-0.25, -0.2) is 9.97 Å². The van der Waals surface area contributed by atoms with Crippen LogP contribution in [-0.2, 0) is 0 Å². The number of hydrogen-bond acceptors (Lipinski definition) is 3. The molecule has 92 valence electrons. The highest BCUT2D eigenvalue weighted by Gasteiger charge is 2.13. The topological polar surface area (TPSA) is 54.9 Å². The minimum atomic E-state index is -0.346. The monoisotopic (exact) mass is 345 g/mol. The second kappa shape index (κ2) is 5.65. The Kier molecular flexibility index (Phi) is 4.16. The number of halogens is 3. The highest BCUT2D eigenvalue weighted by atomic mass is 79.9. The summed E-state index contributed by atoms with van der Waals surface area (Å²) in [6.07, 6.45) is 2.88. The first-order chi connectivity index (χ1) is 8.58. The lowest BCUT2D eigenvalue weighted by Crippen LogP contribution is -2.14. The van der Waals surface area contributed by atoms with E-state index in [0.29, 0.717) is 15.1 Å². The summed E-state index contributed by atoms with van der Waals surface area (Å²) in [5.74, 6) is -0.132. The maximum atomic E-state index is 12.0. The van der Waals surface area contributed by atoms with Crippen molar-refractivity contribution in [2.45, 2.75) is 0 Å². The van der Waals surface area contributed by atoms with E-state index >= 15 is 0 Å². The van der Waals surface area contributed by atoms with Crippen molar-refractivity contribution in [2.75, 3.05) is 5.32 Å². The van der Waals surface area contributed by atoms with E-state index in [-0.39, 0.29) is 16.9 Å². The summed E-state index contributed by atoms with van der Waals surface area (Å²) in [6.45, 7) is 0. The molecule has 0 spiro atoms. The van der Waals surface area contributed by atoms with E-state index in [9.17, 15) is 4.79 Å². The molecule has 0 atom stereocenters. The molecule has 1 N–H and O–H groups in total. The molecule has 0 aliphatic carbocycles. The fourth-order valence-corrected chi connectivity index (χ4v) is 2.27. The van der Waals surface area contributed by atoms with Crippen LogP contribution < -0.4 is 5.32 Å². The summed E-state index contributed by atoms with van der Waals surface area (Å²) < 4.78 is 0.590. The number of carbonyl (C=O) groups is 1. The van der Waals surface area contributed by atoms with Crippen LogP contribution in [0.2, 0.25) is 10.2 Å². The number of rotatable bonds is 2. The zero-order valence-electron chi connectivity index (χ0n) is 8.82. The third-order valence-corrected chi connectivity index (χ3v) is 3.23. The fraction of sp³-hybridized carbons (Fsp3) is 0. The van der Waals surface area contributed by atoms with Crippen LogP contribution >= 0.6 is 39.1 Å². The first-order valence-electron chi connectivity index (χ1n) is 4.81. The van der Waals surface area contributed by atoms with Gasteiger partial charge in [0.25, 0.3) is 5.91 Å². The predicted octanol–water partition coefficient (Wildman–Crippen LogP) is 3.80. The number of aromatic nitrogens is 2. The largest absolute Gasteiger partial charge is 0.304 e. The van der Waals surface area contributed by atoms with Gasteiger partial charge in [-0.2, -0.15) is 0 Å². The first kappa shape index (κ1) is 13.3. The zero-order chi connectivity index (χ0) is 13.1. The summed E-state index contributed by atoms with van der Waals surface area (Å²) in [5, 5.41) is 3.24. The van der Waals surface area contributed by atoms with Crippen molar-refractivity contribution in [1.82, 2.24) is 9.97 Å². The molecule has 0 fully saturated rings. The van der Waals surface area contributed by atoms with Gasteiger partial charge in [-0.1, -0.05) is 23.2 Å². The minimum Gasteiger partial charge on any atom is -0.304 e. The van der Waals surface area contributed by atoms with E-state index in [4.69, 9.17) is 23.2 Å². The highest BCUT2D eigenvalue weighted by molar-refractivity contribution is 9.10. The second-order valence-corrected chi connectivity index (χ2v) is 4.92. The Morgan fingerprint density at radius 1 is 1.22 bits per heavy atom. The van der Waals surface area contributed by atoms with E-state index in [0.717, 1.165) is 0 Å². The van der Waals surface area contributed by atoms with Crippen LogP contribution in [0.25, 0.3) is 0 Å². The van der Waals surface area contributed by atoms with Gasteiger partial charge in [0.2, 0.25) is 0 Å². The Labute approximate surface area is 121 Å². The second-order valence-electron chi connectivity index (χ2n) is 3.27. The van der Waals surface area contributed by atoms with Gasteiger partial charge < -0.3 is 5.32 Å². The maximum absolute atomic E-state index is 12.0. The molecule has 0 aliphatic rings. The molecular formula is C11H6BrCl2N3O. The molecule has 2 aromatic rings. The molecule has 4 nitrogen and oxygen atoms in total. The van der Waals surface area contributed by atoms with Crippen molar-refractivity contribution < 1.29 is 4.79 Å². The van der Waals surface area contributed by atoms with Gasteiger partial charge in [-0.3, -0.25) is 4.79 Å². The molecule has 1 aromatic carbocycles. The van der Waals surface area contributed by atoms with Crippen LogP contribution in [-0.4, -0.2) is 15.9 Å². The van der Waals surface area contributed by atoms with Crippen LogP contribution in [0.5, 0.6) is 0 Å². The van der Waals surface area contributed by atoms with E-state index in [1.165, 1.54) is 12.4 Å². The lowest BCUT2D eigenvalue weighted by atomic mass is 10.2. The quantitative estimate of drug-likeness (QED) is 0.899. The molecule has 1 heterocycles. The average molecular weight is 347 g/mol. The highest BCUT2D eigenvalue weighted by Crippen LogP contribution is 2.23. The molecule has 0 bridgehead atoms. The molecule has 0 aliphatic heterocycles. The number of hydrogen-bond donors (Lipinski definition) is 1. The Bertz CT molecular complexity index is 607. The third kappa shape index (κ3) is 2.98. The number of benzene rings is 1. The molecule has 7 heteroatoms. The Hall–Kier alpha value is -1.17. The molecule has 0 unspecified atom stereocenters. The third-order valence-electron chi connectivity index (χ3n) is 2.06. The van der Waals surface area contributed by atoms with E-state index in [2.05, 4.69) is 31.2 Å². The minimum absolute atomic E-state index is 0.135. The van der Waals surface area contributed by atoms with Crippen molar-refractivity contribution >= 4 is 50.9 Å². The van der Waals surface area contributed by atoms with Crippen molar-refractivity contribution in [2.24, 2.45) is 0 Å². The van der Waals surface area contributed by atoms with Gasteiger partial charge in [-0.05, 0) is 34.1 Å². The van der Waals surface area contributed by atoms with Gasteiger partial charge in [0.15, 0.2) is 11.0 Å². The van der Waals surface area contributed by atoms with Crippen LogP contribution in [0.1, 0.15) is 10.4 Å². The SMILES string of the molecule is O=C(Nc1nccnc1Cl)c1ccc(Cl)cc1Br. The standard InChI is InChI=1S/C11H6BrCl2N3O/c12-8-5-6(13)1-2-7(8)11(18)17-10-9(14)15-3-4-16-10/h1-5H,(H,16,17,18). The van der Waals surface area contributed by atoms with Crippen LogP contribution in [0, 0.1) is 0 Å². The van der Waals surface area contributed by atoms with E-state index in [1.54, 1.807) is 18.2 Å². The lowest BCUT2D eigenvalue weighted by Gasteiger charge is -2.07. The summed E-state index contributed by atoms with van der Waals surface area (Å²) >= 11 is 14.9. The molecule has 2 rings (SSSR count). The maximum Gasteiger partial charge on any atom is 0.258 e. The van der Waals surface area contributed by atoms with Gasteiger partial charge in [0.1, 0.15) is 0 Å². The van der Waals surface area contributed by atoms with Crippen molar-refractivity contribution in [3.8, 4) is 0 Å². The Morgan fingerprint density at radius 3 is 2.61 bits per heavy atom. The summed E-state index contributed by atoms with van der Waals surface area (Å²) in [6, 6.07) is 4.86. The predicted molar refractivity (Wildman–Crippen MR) is 74.1 cm³/mol. The summed E-state index contributed by atoms with van der Waals surface area (Å²) in [7, 11) is 0. The molecule has 1 amide bonds. The average Bonchev–Trinajstić information content (AvgIpc) is 2.32. The number of amides is 1. The van der Waals surface area contributed by atoms with Crippen molar-refractivity contribution in [1.29, 1.82) is 0 Å². The molecule has 0 radical (unpaired) electrons. The van der Waals surface area contributed by atoms with Gasteiger partial charge in [-0.15, -0.1) is 0 Å². The summed E-state index contributed by atoms with van der Waals surface area (Å²) in [4.78, 5) is 19.7. The van der Waals surface area contributed by atoms with Crippen LogP contribution in [0.4, 0.5) is 5.82 Å². The fourth-order valence-electron chi connectivity index (χ4n) is 1.25. The normalized spacial score (nSPS) is 10.2. The Balaban J connectivity index is 2.25. The van der Waals surface area contributed by atoms with Gasteiger partial charge in [0, 0.05) is 21.9 Å². The van der Waals surface area contributed by atoms with E-state index in [1.807, 2.05) is 0 Å². The number of nitrogens with one attached hydrogen (secondary N) is 1. The molecule has 1 aromatic heterocycles. The number of carbonyl (C=O) groups excluding carboxylic acids is 1. The van der Waals surface area contributed by atoms with Gasteiger partial charge >= 0.3 is 0 Å². The smallest absolute Gasteiger partial charge is 0.258 e. The van der Waals surface area contributed by atoms with Crippen molar-refractivity contribution in [3.05, 3.63) is 50.8 Å². The van der Waals surface area contributed by atoms with E-state index < -0.39 is 0 Å². The molecule has 0 saturated carbocycles. The molecule has 0 saturated heterocycles. The lowest BCUT2D eigenvalue weighted by molar-refractivity contribution is 0.102. The Morgan fingerprint density at radius 2 is 1.94 bits per heavy atom. The first-order valence-corrected chi connectivity index (χ1v) is 6.35. The van der Waals surface area contributed by atoms with Gasteiger partial charge in [0.05, 0.1) is 5.56 Å². The van der Waals surface area contributed by atoms with Crippen LogP contribution in [0.15, 0.2) is 35.1 Å².